The molecule has 0 spiro atoms. The Morgan fingerprint density at radius 3 is 1.96 bits per heavy atom. The monoisotopic (exact) mass is 309 g/mol. The molecular weight excluding hydrogens is 290 g/mol. The highest BCUT2D eigenvalue weighted by Crippen LogP contribution is 2.44. The van der Waals surface area contributed by atoms with Gasteiger partial charge in [-0.3, -0.25) is 4.79 Å². The van der Waals surface area contributed by atoms with Crippen molar-refractivity contribution in [1.29, 1.82) is 0 Å². The molecule has 1 heterocycles. The standard InChI is InChI=1S/C19H19NO3/c1-3-17(21)20-14(2)19(23-18(20)22,15-10-6-4-7-11-15)16-12-8-5-9-13-16/h4-14H,3H2,1-2H3/t14-/m1/s1. The predicted molar refractivity (Wildman–Crippen MR) is 86.7 cm³/mol. The van der Waals surface area contributed by atoms with Crippen LogP contribution >= 0.6 is 0 Å². The van der Waals surface area contributed by atoms with Crippen LogP contribution < -0.4 is 0 Å². The summed E-state index contributed by atoms with van der Waals surface area (Å²) in [6.45, 7) is 3.60. The van der Waals surface area contributed by atoms with Gasteiger partial charge in [-0.1, -0.05) is 67.6 Å². The first-order chi connectivity index (χ1) is 11.1. The van der Waals surface area contributed by atoms with Crippen LogP contribution in [0, 0.1) is 0 Å². The lowest BCUT2D eigenvalue weighted by Gasteiger charge is -2.33. The zero-order valence-electron chi connectivity index (χ0n) is 13.2. The second-order valence-corrected chi connectivity index (χ2v) is 5.63. The smallest absolute Gasteiger partial charge is 0.418 e. The fourth-order valence-corrected chi connectivity index (χ4v) is 3.24. The minimum absolute atomic E-state index is 0.226. The van der Waals surface area contributed by atoms with Crippen molar-refractivity contribution < 1.29 is 14.3 Å². The maximum atomic E-state index is 12.4. The highest BCUT2D eigenvalue weighted by Gasteiger charge is 2.55. The Hall–Kier alpha value is -2.62. The minimum atomic E-state index is -0.982. The van der Waals surface area contributed by atoms with Crippen molar-refractivity contribution in [2.24, 2.45) is 0 Å². The molecule has 0 aromatic heterocycles. The van der Waals surface area contributed by atoms with Gasteiger partial charge in [0, 0.05) is 17.5 Å². The van der Waals surface area contributed by atoms with Crippen molar-refractivity contribution in [2.75, 3.05) is 0 Å². The van der Waals surface area contributed by atoms with E-state index in [0.29, 0.717) is 0 Å². The zero-order chi connectivity index (χ0) is 16.4. The third-order valence-electron chi connectivity index (χ3n) is 4.40. The molecule has 0 bridgehead atoms. The van der Waals surface area contributed by atoms with Crippen LogP contribution in [0.4, 0.5) is 4.79 Å². The molecular formula is C19H19NO3. The zero-order valence-corrected chi connectivity index (χ0v) is 13.2. The molecule has 118 valence electrons. The molecule has 0 aliphatic carbocycles. The molecule has 23 heavy (non-hydrogen) atoms. The first-order valence-corrected chi connectivity index (χ1v) is 7.77. The Morgan fingerprint density at radius 1 is 1.04 bits per heavy atom. The van der Waals surface area contributed by atoms with E-state index < -0.39 is 17.7 Å². The number of cyclic esters (lactones) is 1. The van der Waals surface area contributed by atoms with Gasteiger partial charge < -0.3 is 4.74 Å². The number of carbonyl (C=O) groups excluding carboxylic acids is 2. The number of amides is 2. The van der Waals surface area contributed by atoms with Gasteiger partial charge in [-0.15, -0.1) is 0 Å². The molecule has 1 saturated heterocycles. The van der Waals surface area contributed by atoms with E-state index in [1.165, 1.54) is 4.90 Å². The Labute approximate surface area is 135 Å². The molecule has 0 unspecified atom stereocenters. The lowest BCUT2D eigenvalue weighted by atomic mass is 9.80. The topological polar surface area (TPSA) is 46.6 Å². The Bertz CT molecular complexity index is 672. The van der Waals surface area contributed by atoms with Gasteiger partial charge in [0.15, 0.2) is 5.60 Å². The number of nitrogens with zero attached hydrogens (tertiary/aromatic N) is 1. The molecule has 1 atom stereocenters. The van der Waals surface area contributed by atoms with Gasteiger partial charge in [0.2, 0.25) is 5.91 Å². The fraction of sp³-hybridized carbons (Fsp3) is 0.263. The number of hydrogen-bond acceptors (Lipinski definition) is 3. The van der Waals surface area contributed by atoms with Gasteiger partial charge in [-0.05, 0) is 6.92 Å². The predicted octanol–water partition coefficient (Wildman–Crippen LogP) is 3.71. The SMILES string of the molecule is CCC(=O)N1C(=O)OC(c2ccccc2)(c2ccccc2)[C@H]1C. The van der Waals surface area contributed by atoms with Crippen LogP contribution in [0.5, 0.6) is 0 Å². The van der Waals surface area contributed by atoms with Crippen molar-refractivity contribution in [3.63, 3.8) is 0 Å². The van der Waals surface area contributed by atoms with E-state index in [1.807, 2.05) is 67.6 Å². The number of ether oxygens (including phenoxy) is 1. The van der Waals surface area contributed by atoms with Crippen LogP contribution in [-0.2, 0) is 15.1 Å². The number of hydrogen-bond donors (Lipinski definition) is 0. The summed E-state index contributed by atoms with van der Waals surface area (Å²) in [5.41, 5.74) is 0.738. The summed E-state index contributed by atoms with van der Waals surface area (Å²) in [5, 5.41) is 0. The summed E-state index contributed by atoms with van der Waals surface area (Å²) in [6.07, 6.45) is -0.323. The van der Waals surface area contributed by atoms with E-state index in [-0.39, 0.29) is 12.3 Å². The molecule has 1 aliphatic rings. The van der Waals surface area contributed by atoms with Gasteiger partial charge in [-0.25, -0.2) is 9.69 Å². The number of imide groups is 1. The highest BCUT2D eigenvalue weighted by molar-refractivity contribution is 5.94. The average Bonchev–Trinajstić information content (AvgIpc) is 2.87. The average molecular weight is 309 g/mol. The van der Waals surface area contributed by atoms with Crippen LogP contribution in [0.15, 0.2) is 60.7 Å². The van der Waals surface area contributed by atoms with E-state index in [2.05, 4.69) is 0 Å². The minimum Gasteiger partial charge on any atom is -0.430 e. The van der Waals surface area contributed by atoms with Crippen LogP contribution in [0.25, 0.3) is 0 Å². The van der Waals surface area contributed by atoms with E-state index in [1.54, 1.807) is 6.92 Å². The first-order valence-electron chi connectivity index (χ1n) is 7.77. The van der Waals surface area contributed by atoms with Crippen molar-refractivity contribution in [3.8, 4) is 0 Å². The van der Waals surface area contributed by atoms with Crippen LogP contribution in [0.2, 0.25) is 0 Å². The maximum absolute atomic E-state index is 12.4. The second-order valence-electron chi connectivity index (χ2n) is 5.63. The summed E-state index contributed by atoms with van der Waals surface area (Å²) < 4.78 is 5.84. The van der Waals surface area contributed by atoms with Gasteiger partial charge in [0.1, 0.15) is 0 Å². The lowest BCUT2D eigenvalue weighted by Crippen LogP contribution is -2.44. The van der Waals surface area contributed by atoms with E-state index in [9.17, 15) is 9.59 Å². The maximum Gasteiger partial charge on any atom is 0.418 e. The molecule has 4 nitrogen and oxygen atoms in total. The molecule has 0 radical (unpaired) electrons. The number of rotatable bonds is 3. The summed E-state index contributed by atoms with van der Waals surface area (Å²) >= 11 is 0. The normalized spacial score (nSPS) is 19.5. The van der Waals surface area contributed by atoms with Gasteiger partial charge in [0.05, 0.1) is 6.04 Å². The van der Waals surface area contributed by atoms with E-state index >= 15 is 0 Å². The van der Waals surface area contributed by atoms with Crippen LogP contribution in [-0.4, -0.2) is 22.9 Å². The highest BCUT2D eigenvalue weighted by atomic mass is 16.6. The second kappa shape index (κ2) is 5.88. The van der Waals surface area contributed by atoms with Gasteiger partial charge >= 0.3 is 6.09 Å². The summed E-state index contributed by atoms with van der Waals surface area (Å²) in [6, 6.07) is 18.7. The summed E-state index contributed by atoms with van der Waals surface area (Å²) in [7, 11) is 0. The lowest BCUT2D eigenvalue weighted by molar-refractivity contribution is -0.129. The molecule has 3 rings (SSSR count). The van der Waals surface area contributed by atoms with Gasteiger partial charge in [0.25, 0.3) is 0 Å². The molecule has 0 N–H and O–H groups in total. The molecule has 4 heteroatoms. The Morgan fingerprint density at radius 2 is 1.52 bits per heavy atom. The molecule has 2 amide bonds. The van der Waals surface area contributed by atoms with E-state index in [0.717, 1.165) is 11.1 Å². The quantitative estimate of drug-likeness (QED) is 0.868. The summed E-state index contributed by atoms with van der Waals surface area (Å²) in [4.78, 5) is 25.9. The first kappa shape index (κ1) is 15.3. The van der Waals surface area contributed by atoms with Crippen molar-refractivity contribution >= 4 is 12.0 Å². The van der Waals surface area contributed by atoms with Gasteiger partial charge in [-0.2, -0.15) is 0 Å². The Balaban J connectivity index is 2.19. The van der Waals surface area contributed by atoms with Crippen molar-refractivity contribution in [2.45, 2.75) is 31.9 Å². The fourth-order valence-electron chi connectivity index (χ4n) is 3.24. The number of carbonyl (C=O) groups is 2. The van der Waals surface area contributed by atoms with E-state index in [4.69, 9.17) is 4.74 Å². The molecule has 2 aromatic carbocycles. The summed E-state index contributed by atoms with van der Waals surface area (Å²) in [5.74, 6) is -0.226. The largest absolute Gasteiger partial charge is 0.430 e. The third-order valence-corrected chi connectivity index (χ3v) is 4.40. The molecule has 0 saturated carbocycles. The third kappa shape index (κ3) is 2.31. The number of benzene rings is 2. The Kier molecular flexibility index (Phi) is 3.90. The molecule has 1 aliphatic heterocycles. The van der Waals surface area contributed by atoms with Crippen LogP contribution in [0.1, 0.15) is 31.4 Å². The molecule has 2 aromatic rings. The van der Waals surface area contributed by atoms with Crippen molar-refractivity contribution in [3.05, 3.63) is 71.8 Å². The van der Waals surface area contributed by atoms with Crippen LogP contribution in [0.3, 0.4) is 0 Å². The van der Waals surface area contributed by atoms with Crippen molar-refractivity contribution in [1.82, 2.24) is 4.90 Å². The molecule has 1 fully saturated rings.